The SMILES string of the molecule is O=C(NCC1CN2CCCC2CO1)NC1CCCCC1. The summed E-state index contributed by atoms with van der Waals surface area (Å²) in [5.41, 5.74) is 0. The van der Waals surface area contributed by atoms with Crippen LogP contribution in [0.3, 0.4) is 0 Å². The highest BCUT2D eigenvalue weighted by atomic mass is 16.5. The van der Waals surface area contributed by atoms with Gasteiger partial charge in [0.25, 0.3) is 0 Å². The molecule has 114 valence electrons. The first kappa shape index (κ1) is 14.1. The van der Waals surface area contributed by atoms with Gasteiger partial charge in [0.15, 0.2) is 0 Å². The first-order valence-electron chi connectivity index (χ1n) is 8.21. The largest absolute Gasteiger partial charge is 0.373 e. The average Bonchev–Trinajstić information content (AvgIpc) is 2.93. The zero-order valence-electron chi connectivity index (χ0n) is 12.3. The van der Waals surface area contributed by atoms with E-state index in [4.69, 9.17) is 4.74 Å². The molecule has 5 heteroatoms. The minimum absolute atomic E-state index is 0.0240. The minimum atomic E-state index is -0.0240. The van der Waals surface area contributed by atoms with Crippen molar-refractivity contribution < 1.29 is 9.53 Å². The first-order valence-corrected chi connectivity index (χ1v) is 8.21. The molecule has 0 aromatic rings. The molecule has 2 aliphatic heterocycles. The van der Waals surface area contributed by atoms with Crippen molar-refractivity contribution in [3.8, 4) is 0 Å². The second-order valence-electron chi connectivity index (χ2n) is 6.44. The lowest BCUT2D eigenvalue weighted by atomic mass is 9.96. The molecule has 0 aromatic heterocycles. The molecular weight excluding hydrogens is 254 g/mol. The van der Waals surface area contributed by atoms with Crippen LogP contribution in [0, 0.1) is 0 Å². The lowest BCUT2D eigenvalue weighted by Gasteiger charge is -2.35. The molecule has 2 amide bonds. The van der Waals surface area contributed by atoms with Crippen LogP contribution in [0.1, 0.15) is 44.9 Å². The van der Waals surface area contributed by atoms with Gasteiger partial charge < -0.3 is 15.4 Å². The van der Waals surface area contributed by atoms with Crippen LogP contribution in [-0.2, 0) is 4.74 Å². The van der Waals surface area contributed by atoms with Crippen molar-refractivity contribution in [3.63, 3.8) is 0 Å². The van der Waals surface area contributed by atoms with Gasteiger partial charge in [0.1, 0.15) is 0 Å². The topological polar surface area (TPSA) is 53.6 Å². The first-order chi connectivity index (χ1) is 9.81. The molecule has 3 aliphatic rings. The molecule has 2 unspecified atom stereocenters. The number of hydrogen-bond donors (Lipinski definition) is 2. The number of hydrogen-bond acceptors (Lipinski definition) is 3. The molecule has 2 heterocycles. The molecule has 5 nitrogen and oxygen atoms in total. The van der Waals surface area contributed by atoms with Crippen molar-refractivity contribution in [1.82, 2.24) is 15.5 Å². The van der Waals surface area contributed by atoms with E-state index in [9.17, 15) is 4.79 Å². The maximum absolute atomic E-state index is 11.9. The molecule has 2 atom stereocenters. The Hall–Kier alpha value is -0.810. The second kappa shape index (κ2) is 6.76. The third-order valence-electron chi connectivity index (χ3n) is 4.89. The van der Waals surface area contributed by atoms with Crippen LogP contribution in [0.2, 0.25) is 0 Å². The molecule has 0 bridgehead atoms. The third kappa shape index (κ3) is 3.64. The molecular formula is C15H27N3O2. The fraction of sp³-hybridized carbons (Fsp3) is 0.933. The van der Waals surface area contributed by atoms with Gasteiger partial charge in [0.05, 0.1) is 12.7 Å². The molecule has 3 fully saturated rings. The van der Waals surface area contributed by atoms with Crippen LogP contribution in [0.4, 0.5) is 4.79 Å². The Balaban J connectivity index is 1.35. The highest BCUT2D eigenvalue weighted by molar-refractivity contribution is 5.74. The van der Waals surface area contributed by atoms with Gasteiger partial charge in [-0.2, -0.15) is 0 Å². The maximum Gasteiger partial charge on any atom is 0.315 e. The summed E-state index contributed by atoms with van der Waals surface area (Å²) in [6, 6.07) is 0.977. The smallest absolute Gasteiger partial charge is 0.315 e. The standard InChI is InChI=1S/C15H27N3O2/c19-15(17-12-5-2-1-3-6-12)16-9-14-10-18-8-4-7-13(18)11-20-14/h12-14H,1-11H2,(H2,16,17,19). The van der Waals surface area contributed by atoms with Gasteiger partial charge in [-0.15, -0.1) is 0 Å². The Bertz CT molecular complexity index is 331. The van der Waals surface area contributed by atoms with E-state index in [1.165, 1.54) is 38.6 Å². The van der Waals surface area contributed by atoms with E-state index in [0.717, 1.165) is 26.0 Å². The molecule has 2 N–H and O–H groups in total. The number of carbonyl (C=O) groups is 1. The van der Waals surface area contributed by atoms with Gasteiger partial charge in [-0.1, -0.05) is 19.3 Å². The Labute approximate surface area is 121 Å². The van der Waals surface area contributed by atoms with E-state index in [2.05, 4.69) is 15.5 Å². The summed E-state index contributed by atoms with van der Waals surface area (Å²) in [4.78, 5) is 14.4. The van der Waals surface area contributed by atoms with Crippen LogP contribution in [0.15, 0.2) is 0 Å². The normalized spacial score (nSPS) is 31.8. The van der Waals surface area contributed by atoms with Gasteiger partial charge in [-0.3, -0.25) is 4.90 Å². The van der Waals surface area contributed by atoms with Crippen LogP contribution in [-0.4, -0.2) is 55.4 Å². The van der Waals surface area contributed by atoms with E-state index in [1.807, 2.05) is 0 Å². The summed E-state index contributed by atoms with van der Waals surface area (Å²) in [7, 11) is 0. The summed E-state index contributed by atoms with van der Waals surface area (Å²) in [6.45, 7) is 3.62. The molecule has 3 rings (SSSR count). The summed E-state index contributed by atoms with van der Waals surface area (Å²) >= 11 is 0. The van der Waals surface area contributed by atoms with Crippen molar-refractivity contribution in [2.24, 2.45) is 0 Å². The quantitative estimate of drug-likeness (QED) is 0.824. The third-order valence-corrected chi connectivity index (χ3v) is 4.89. The number of fused-ring (bicyclic) bond motifs is 1. The summed E-state index contributed by atoms with van der Waals surface area (Å²) in [5.74, 6) is 0. The number of morpholine rings is 1. The monoisotopic (exact) mass is 281 g/mol. The Morgan fingerprint density at radius 2 is 2.00 bits per heavy atom. The van der Waals surface area contributed by atoms with E-state index < -0.39 is 0 Å². The van der Waals surface area contributed by atoms with Gasteiger partial charge in [-0.25, -0.2) is 4.79 Å². The van der Waals surface area contributed by atoms with E-state index in [-0.39, 0.29) is 12.1 Å². The predicted molar refractivity (Wildman–Crippen MR) is 77.7 cm³/mol. The zero-order chi connectivity index (χ0) is 13.8. The number of amides is 2. The Morgan fingerprint density at radius 1 is 1.15 bits per heavy atom. The number of carbonyl (C=O) groups excluding carboxylic acids is 1. The fourth-order valence-corrected chi connectivity index (χ4v) is 3.70. The van der Waals surface area contributed by atoms with E-state index in [0.29, 0.717) is 18.6 Å². The molecule has 0 aromatic carbocycles. The molecule has 2 saturated heterocycles. The Morgan fingerprint density at radius 3 is 2.85 bits per heavy atom. The molecule has 20 heavy (non-hydrogen) atoms. The summed E-state index contributed by atoms with van der Waals surface area (Å²) < 4.78 is 5.85. The molecule has 1 aliphatic carbocycles. The average molecular weight is 281 g/mol. The van der Waals surface area contributed by atoms with Gasteiger partial charge in [0, 0.05) is 25.2 Å². The van der Waals surface area contributed by atoms with Gasteiger partial charge in [-0.05, 0) is 32.2 Å². The fourth-order valence-electron chi connectivity index (χ4n) is 3.70. The van der Waals surface area contributed by atoms with Gasteiger partial charge in [0.2, 0.25) is 0 Å². The van der Waals surface area contributed by atoms with Crippen LogP contribution in [0.25, 0.3) is 0 Å². The van der Waals surface area contributed by atoms with E-state index >= 15 is 0 Å². The van der Waals surface area contributed by atoms with Crippen LogP contribution < -0.4 is 10.6 Å². The van der Waals surface area contributed by atoms with Crippen molar-refractivity contribution in [2.75, 3.05) is 26.2 Å². The van der Waals surface area contributed by atoms with Crippen molar-refractivity contribution in [3.05, 3.63) is 0 Å². The molecule has 1 saturated carbocycles. The van der Waals surface area contributed by atoms with Crippen LogP contribution >= 0.6 is 0 Å². The predicted octanol–water partition coefficient (Wildman–Crippen LogP) is 1.48. The highest BCUT2D eigenvalue weighted by Gasteiger charge is 2.32. The van der Waals surface area contributed by atoms with Crippen molar-refractivity contribution in [1.29, 1.82) is 0 Å². The number of rotatable bonds is 3. The lowest BCUT2D eigenvalue weighted by Crippen LogP contribution is -2.52. The summed E-state index contributed by atoms with van der Waals surface area (Å²) in [6.07, 6.45) is 8.76. The second-order valence-corrected chi connectivity index (χ2v) is 6.44. The zero-order valence-corrected chi connectivity index (χ0v) is 12.3. The number of urea groups is 1. The van der Waals surface area contributed by atoms with E-state index in [1.54, 1.807) is 0 Å². The Kier molecular flexibility index (Phi) is 4.78. The lowest BCUT2D eigenvalue weighted by molar-refractivity contribution is -0.0458. The van der Waals surface area contributed by atoms with Gasteiger partial charge >= 0.3 is 6.03 Å². The number of ether oxygens (including phenoxy) is 1. The minimum Gasteiger partial charge on any atom is -0.373 e. The molecule has 0 radical (unpaired) electrons. The highest BCUT2D eigenvalue weighted by Crippen LogP contribution is 2.22. The summed E-state index contributed by atoms with van der Waals surface area (Å²) in [5, 5.41) is 6.06. The van der Waals surface area contributed by atoms with Crippen LogP contribution in [0.5, 0.6) is 0 Å². The van der Waals surface area contributed by atoms with Crippen molar-refractivity contribution >= 4 is 6.03 Å². The number of nitrogens with one attached hydrogen (secondary N) is 2. The maximum atomic E-state index is 11.9. The van der Waals surface area contributed by atoms with Crippen molar-refractivity contribution in [2.45, 2.75) is 63.1 Å². The number of nitrogens with zero attached hydrogens (tertiary/aromatic N) is 1. The molecule has 0 spiro atoms.